The van der Waals surface area contributed by atoms with Gasteiger partial charge in [-0.15, -0.1) is 10.2 Å². The monoisotopic (exact) mass is 244 g/mol. The summed E-state index contributed by atoms with van der Waals surface area (Å²) in [7, 11) is 0. The number of nitrogens with one attached hydrogen (secondary N) is 1. The highest BCUT2D eigenvalue weighted by Gasteiger charge is 2.12. The first-order chi connectivity index (χ1) is 8.65. The number of aromatic amines is 1. The van der Waals surface area contributed by atoms with Gasteiger partial charge in [-0.2, -0.15) is 9.50 Å². The Morgan fingerprint density at radius 2 is 2.00 bits per heavy atom. The van der Waals surface area contributed by atoms with Crippen LogP contribution in [0.15, 0.2) is 24.3 Å². The summed E-state index contributed by atoms with van der Waals surface area (Å²) in [4.78, 5) is 14.3. The zero-order valence-electron chi connectivity index (χ0n) is 9.36. The number of H-pyrrole nitrogens is 1. The van der Waals surface area contributed by atoms with Crippen molar-refractivity contribution in [2.45, 2.75) is 6.92 Å². The Morgan fingerprint density at radius 3 is 2.67 bits per heavy atom. The highest BCUT2D eigenvalue weighted by Crippen LogP contribution is 2.20. The fourth-order valence-corrected chi connectivity index (χ4v) is 1.71. The fraction of sp³-hybridized carbons (Fsp3) is 0.100. The van der Waals surface area contributed by atoms with Gasteiger partial charge in [-0.1, -0.05) is 0 Å². The Labute approximate surface area is 100 Å². The molecule has 2 heterocycles. The zero-order chi connectivity index (χ0) is 12.7. The SMILES string of the molecule is Cc1nc2nnc(-c3ccc([N+](=O)[O-])cc3)n2[nH]1. The van der Waals surface area contributed by atoms with E-state index in [0.717, 1.165) is 11.4 Å². The maximum atomic E-state index is 10.6. The first-order valence-electron chi connectivity index (χ1n) is 5.18. The molecular weight excluding hydrogens is 236 g/mol. The number of nitrogens with zero attached hydrogens (tertiary/aromatic N) is 5. The van der Waals surface area contributed by atoms with E-state index < -0.39 is 4.92 Å². The van der Waals surface area contributed by atoms with Gasteiger partial charge < -0.3 is 0 Å². The Kier molecular flexibility index (Phi) is 2.09. The third-order valence-corrected chi connectivity index (χ3v) is 2.52. The molecule has 2 aromatic heterocycles. The van der Waals surface area contributed by atoms with Crippen LogP contribution in [-0.2, 0) is 0 Å². The lowest BCUT2D eigenvalue weighted by Gasteiger charge is -1.97. The maximum Gasteiger partial charge on any atom is 0.272 e. The highest BCUT2D eigenvalue weighted by atomic mass is 16.6. The van der Waals surface area contributed by atoms with Crippen LogP contribution in [-0.4, -0.2) is 29.7 Å². The molecule has 0 saturated carbocycles. The quantitative estimate of drug-likeness (QED) is 0.541. The van der Waals surface area contributed by atoms with Crippen molar-refractivity contribution in [2.75, 3.05) is 0 Å². The molecule has 0 aliphatic heterocycles. The van der Waals surface area contributed by atoms with Crippen molar-refractivity contribution in [2.24, 2.45) is 0 Å². The van der Waals surface area contributed by atoms with Crippen molar-refractivity contribution < 1.29 is 4.92 Å². The summed E-state index contributed by atoms with van der Waals surface area (Å²) in [5.41, 5.74) is 0.775. The minimum atomic E-state index is -0.441. The van der Waals surface area contributed by atoms with E-state index in [1.54, 1.807) is 16.6 Å². The van der Waals surface area contributed by atoms with Gasteiger partial charge in [-0.05, 0) is 19.1 Å². The van der Waals surface area contributed by atoms with Crippen LogP contribution in [0.5, 0.6) is 0 Å². The largest absolute Gasteiger partial charge is 0.276 e. The third-order valence-electron chi connectivity index (χ3n) is 2.52. The number of nitro groups is 1. The average Bonchev–Trinajstić information content (AvgIpc) is 2.88. The smallest absolute Gasteiger partial charge is 0.272 e. The second-order valence-electron chi connectivity index (χ2n) is 3.77. The number of non-ortho nitro benzene ring substituents is 1. The predicted molar refractivity (Wildman–Crippen MR) is 62.0 cm³/mol. The van der Waals surface area contributed by atoms with E-state index >= 15 is 0 Å². The van der Waals surface area contributed by atoms with Crippen LogP contribution in [0.1, 0.15) is 5.82 Å². The molecule has 0 amide bonds. The summed E-state index contributed by atoms with van der Waals surface area (Å²) >= 11 is 0. The lowest BCUT2D eigenvalue weighted by Crippen LogP contribution is -1.92. The zero-order valence-corrected chi connectivity index (χ0v) is 9.36. The molecule has 0 bridgehead atoms. The van der Waals surface area contributed by atoms with E-state index in [2.05, 4.69) is 20.3 Å². The number of hydrogen-bond donors (Lipinski definition) is 1. The number of benzene rings is 1. The maximum absolute atomic E-state index is 10.6. The van der Waals surface area contributed by atoms with Gasteiger partial charge in [0, 0.05) is 17.7 Å². The van der Waals surface area contributed by atoms with Crippen LogP contribution in [0.3, 0.4) is 0 Å². The molecule has 0 radical (unpaired) electrons. The van der Waals surface area contributed by atoms with Crippen molar-refractivity contribution in [1.29, 1.82) is 0 Å². The molecule has 3 rings (SSSR count). The highest BCUT2D eigenvalue weighted by molar-refractivity contribution is 5.59. The summed E-state index contributed by atoms with van der Waals surface area (Å²) in [6.45, 7) is 1.81. The van der Waals surface area contributed by atoms with Crippen LogP contribution >= 0.6 is 0 Å². The summed E-state index contributed by atoms with van der Waals surface area (Å²) in [6.07, 6.45) is 0. The molecule has 0 fully saturated rings. The van der Waals surface area contributed by atoms with Crippen molar-refractivity contribution in [3.63, 3.8) is 0 Å². The van der Waals surface area contributed by atoms with Gasteiger partial charge >= 0.3 is 0 Å². The first-order valence-corrected chi connectivity index (χ1v) is 5.18. The Hall–Kier alpha value is -2.77. The molecule has 0 unspecified atom stereocenters. The van der Waals surface area contributed by atoms with E-state index in [4.69, 9.17) is 0 Å². The van der Waals surface area contributed by atoms with E-state index in [-0.39, 0.29) is 5.69 Å². The molecule has 0 aliphatic carbocycles. The Balaban J connectivity index is 2.11. The summed E-state index contributed by atoms with van der Waals surface area (Å²) in [5, 5.41) is 21.5. The second kappa shape index (κ2) is 3.62. The molecule has 18 heavy (non-hydrogen) atoms. The van der Waals surface area contributed by atoms with Crippen molar-refractivity contribution >= 4 is 11.5 Å². The second-order valence-corrected chi connectivity index (χ2v) is 3.77. The first kappa shape index (κ1) is 10.4. The standard InChI is InChI=1S/C10H8N6O2/c1-6-11-10-13-12-9(15(10)14-6)7-2-4-8(5-3-7)16(17)18/h2-5H,1H3,(H,11,13,14). The van der Waals surface area contributed by atoms with Crippen LogP contribution in [0.4, 0.5) is 5.69 Å². The molecule has 8 nitrogen and oxygen atoms in total. The lowest BCUT2D eigenvalue weighted by atomic mass is 10.2. The third kappa shape index (κ3) is 1.51. The van der Waals surface area contributed by atoms with E-state index in [1.165, 1.54) is 12.1 Å². The van der Waals surface area contributed by atoms with Gasteiger partial charge in [0.15, 0.2) is 5.82 Å². The van der Waals surface area contributed by atoms with Gasteiger partial charge in [0.1, 0.15) is 5.82 Å². The predicted octanol–water partition coefficient (Wildman–Crippen LogP) is 1.34. The molecule has 0 atom stereocenters. The van der Waals surface area contributed by atoms with Gasteiger partial charge in [0.2, 0.25) is 0 Å². The number of rotatable bonds is 2. The lowest BCUT2D eigenvalue weighted by molar-refractivity contribution is -0.384. The number of fused-ring (bicyclic) bond motifs is 1. The number of nitro benzene ring substituents is 1. The number of aromatic nitrogens is 5. The van der Waals surface area contributed by atoms with Crippen LogP contribution in [0.25, 0.3) is 17.2 Å². The van der Waals surface area contributed by atoms with Crippen molar-refractivity contribution in [3.05, 3.63) is 40.2 Å². The summed E-state index contributed by atoms with van der Waals surface area (Å²) < 4.78 is 1.64. The minimum Gasteiger partial charge on any atom is -0.276 e. The van der Waals surface area contributed by atoms with Gasteiger partial charge in [-0.3, -0.25) is 15.2 Å². The van der Waals surface area contributed by atoms with E-state index in [1.807, 2.05) is 6.92 Å². The molecule has 1 aromatic carbocycles. The molecule has 3 aromatic rings. The number of hydrogen-bond acceptors (Lipinski definition) is 5. The Morgan fingerprint density at radius 1 is 1.28 bits per heavy atom. The molecule has 90 valence electrons. The molecule has 0 saturated heterocycles. The van der Waals surface area contributed by atoms with Crippen molar-refractivity contribution in [1.82, 2.24) is 24.8 Å². The summed E-state index contributed by atoms with van der Waals surface area (Å²) in [5.74, 6) is 1.77. The van der Waals surface area contributed by atoms with Crippen LogP contribution in [0, 0.1) is 17.0 Å². The minimum absolute atomic E-state index is 0.0419. The molecule has 0 spiro atoms. The average molecular weight is 244 g/mol. The fourth-order valence-electron chi connectivity index (χ4n) is 1.71. The Bertz CT molecular complexity index is 726. The molecule has 1 N–H and O–H groups in total. The van der Waals surface area contributed by atoms with Gasteiger partial charge in [-0.25, -0.2) is 0 Å². The van der Waals surface area contributed by atoms with Crippen LogP contribution in [0.2, 0.25) is 0 Å². The van der Waals surface area contributed by atoms with E-state index in [0.29, 0.717) is 11.6 Å². The normalized spacial score (nSPS) is 10.9. The molecule has 0 aliphatic rings. The van der Waals surface area contributed by atoms with Gasteiger partial charge in [0.25, 0.3) is 11.5 Å². The topological polar surface area (TPSA) is 102 Å². The number of aryl methyl sites for hydroxylation is 1. The van der Waals surface area contributed by atoms with Crippen molar-refractivity contribution in [3.8, 4) is 11.4 Å². The molecule has 8 heteroatoms. The molecular formula is C10H8N6O2. The van der Waals surface area contributed by atoms with E-state index in [9.17, 15) is 10.1 Å². The van der Waals surface area contributed by atoms with Crippen LogP contribution < -0.4 is 0 Å². The van der Waals surface area contributed by atoms with Gasteiger partial charge in [0.05, 0.1) is 4.92 Å². The summed E-state index contributed by atoms with van der Waals surface area (Å²) in [6, 6.07) is 6.12.